The number of unbranched alkanes of at least 4 members (excludes halogenated alkanes) is 4. The summed E-state index contributed by atoms with van der Waals surface area (Å²) >= 11 is 0. The van der Waals surface area contributed by atoms with Gasteiger partial charge in [0.2, 0.25) is 0 Å². The summed E-state index contributed by atoms with van der Waals surface area (Å²) in [5, 5.41) is 0. The number of anilines is 1. The van der Waals surface area contributed by atoms with Crippen LogP contribution in [0.25, 0.3) is 0 Å². The van der Waals surface area contributed by atoms with Gasteiger partial charge in [-0.3, -0.25) is 0 Å². The third-order valence-corrected chi connectivity index (χ3v) is 3.08. The quantitative estimate of drug-likeness (QED) is 0.461. The molecule has 2 N–H and O–H groups in total. The highest BCUT2D eigenvalue weighted by atomic mass is 19.4. The molecule has 118 valence electrons. The Bertz CT molecular complexity index is 472. The van der Waals surface area contributed by atoms with Crippen molar-refractivity contribution in [3.05, 3.63) is 29.3 Å². The average Bonchev–Trinajstić information content (AvgIpc) is 2.41. The predicted octanol–water partition coefficient (Wildman–Crippen LogP) is 4.41. The first kappa shape index (κ1) is 17.3. The Morgan fingerprint density at radius 3 is 2.43 bits per heavy atom. The lowest BCUT2D eigenvalue weighted by Crippen LogP contribution is -2.12. The van der Waals surface area contributed by atoms with E-state index in [2.05, 4.69) is 6.92 Å². The van der Waals surface area contributed by atoms with Crippen LogP contribution >= 0.6 is 0 Å². The molecule has 1 aromatic rings. The number of benzene rings is 1. The van der Waals surface area contributed by atoms with Crippen molar-refractivity contribution < 1.29 is 22.7 Å². The third-order valence-electron chi connectivity index (χ3n) is 3.08. The lowest BCUT2D eigenvalue weighted by atomic mass is 10.1. The minimum absolute atomic E-state index is 0.0310. The zero-order valence-electron chi connectivity index (χ0n) is 12.0. The Labute approximate surface area is 122 Å². The van der Waals surface area contributed by atoms with Crippen LogP contribution in [0.4, 0.5) is 18.9 Å². The number of carbonyl (C=O) groups is 1. The van der Waals surface area contributed by atoms with Crippen LogP contribution in [0.2, 0.25) is 0 Å². The molecule has 21 heavy (non-hydrogen) atoms. The summed E-state index contributed by atoms with van der Waals surface area (Å²) in [4.78, 5) is 11.7. The topological polar surface area (TPSA) is 52.3 Å². The van der Waals surface area contributed by atoms with Crippen molar-refractivity contribution >= 4 is 11.7 Å². The molecule has 0 amide bonds. The van der Waals surface area contributed by atoms with Crippen molar-refractivity contribution in [2.24, 2.45) is 0 Å². The number of nitrogens with two attached hydrogens (primary N) is 1. The van der Waals surface area contributed by atoms with Gasteiger partial charge >= 0.3 is 12.1 Å². The van der Waals surface area contributed by atoms with E-state index in [-0.39, 0.29) is 17.9 Å². The molecule has 1 rings (SSSR count). The molecule has 0 spiro atoms. The molecule has 0 aliphatic carbocycles. The highest BCUT2D eigenvalue weighted by Gasteiger charge is 2.31. The molecule has 0 atom stereocenters. The van der Waals surface area contributed by atoms with Crippen LogP contribution in [0.3, 0.4) is 0 Å². The second-order valence-electron chi connectivity index (χ2n) is 4.85. The molecule has 0 aliphatic heterocycles. The van der Waals surface area contributed by atoms with Gasteiger partial charge in [-0.05, 0) is 24.6 Å². The van der Waals surface area contributed by atoms with E-state index in [0.717, 1.165) is 50.3 Å². The molecule has 0 aromatic heterocycles. The Morgan fingerprint density at radius 2 is 1.86 bits per heavy atom. The first-order valence-electron chi connectivity index (χ1n) is 7.00. The summed E-state index contributed by atoms with van der Waals surface area (Å²) in [7, 11) is 0. The minimum atomic E-state index is -4.48. The average molecular weight is 303 g/mol. The van der Waals surface area contributed by atoms with E-state index in [4.69, 9.17) is 10.5 Å². The molecular weight excluding hydrogens is 283 g/mol. The number of hydrogen-bond acceptors (Lipinski definition) is 3. The van der Waals surface area contributed by atoms with Crippen molar-refractivity contribution in [1.29, 1.82) is 0 Å². The molecule has 0 radical (unpaired) electrons. The Hall–Kier alpha value is -1.72. The lowest BCUT2D eigenvalue weighted by Gasteiger charge is -2.10. The van der Waals surface area contributed by atoms with Crippen LogP contribution in [0, 0.1) is 0 Å². The molecule has 0 saturated carbocycles. The van der Waals surface area contributed by atoms with Crippen molar-refractivity contribution in [3.8, 4) is 0 Å². The fraction of sp³-hybridized carbons (Fsp3) is 0.533. The van der Waals surface area contributed by atoms with Crippen molar-refractivity contribution in [1.82, 2.24) is 0 Å². The van der Waals surface area contributed by atoms with Gasteiger partial charge in [0.15, 0.2) is 0 Å². The fourth-order valence-electron chi connectivity index (χ4n) is 1.87. The van der Waals surface area contributed by atoms with Crippen LogP contribution < -0.4 is 5.73 Å². The zero-order chi connectivity index (χ0) is 15.9. The molecular formula is C15H20F3NO2. The van der Waals surface area contributed by atoms with Gasteiger partial charge in [0.1, 0.15) is 0 Å². The van der Waals surface area contributed by atoms with E-state index < -0.39 is 17.7 Å². The Kier molecular flexibility index (Phi) is 6.52. The highest BCUT2D eigenvalue weighted by Crippen LogP contribution is 2.31. The SMILES string of the molecule is CCCCCCCOC(=O)c1ccc(C(F)(F)F)cc1N. The Balaban J connectivity index is 2.51. The van der Waals surface area contributed by atoms with Crippen LogP contribution in [0.5, 0.6) is 0 Å². The van der Waals surface area contributed by atoms with Gasteiger partial charge in [-0.2, -0.15) is 13.2 Å². The maximum Gasteiger partial charge on any atom is 0.416 e. The van der Waals surface area contributed by atoms with Crippen molar-refractivity contribution in [2.45, 2.75) is 45.2 Å². The van der Waals surface area contributed by atoms with Gasteiger partial charge in [0.25, 0.3) is 0 Å². The van der Waals surface area contributed by atoms with E-state index in [1.54, 1.807) is 0 Å². The molecule has 0 bridgehead atoms. The number of nitrogen functional groups attached to an aromatic ring is 1. The van der Waals surface area contributed by atoms with E-state index in [0.29, 0.717) is 0 Å². The zero-order valence-corrected chi connectivity index (χ0v) is 12.0. The van der Waals surface area contributed by atoms with Crippen LogP contribution in [-0.2, 0) is 10.9 Å². The molecule has 1 aromatic carbocycles. The maximum atomic E-state index is 12.5. The number of esters is 1. The molecule has 0 heterocycles. The summed E-state index contributed by atoms with van der Waals surface area (Å²) in [5.74, 6) is -0.684. The lowest BCUT2D eigenvalue weighted by molar-refractivity contribution is -0.137. The molecule has 3 nitrogen and oxygen atoms in total. The fourth-order valence-corrected chi connectivity index (χ4v) is 1.87. The monoisotopic (exact) mass is 303 g/mol. The molecule has 0 fully saturated rings. The standard InChI is InChI=1S/C15H20F3NO2/c1-2-3-4-5-6-9-21-14(20)12-8-7-11(10-13(12)19)15(16,17)18/h7-8,10H,2-6,9,19H2,1H3. The first-order valence-corrected chi connectivity index (χ1v) is 7.00. The molecule has 0 aliphatic rings. The normalized spacial score (nSPS) is 11.4. The van der Waals surface area contributed by atoms with E-state index >= 15 is 0 Å². The van der Waals surface area contributed by atoms with Crippen LogP contribution in [0.1, 0.15) is 54.9 Å². The number of halogens is 3. The molecule has 6 heteroatoms. The minimum Gasteiger partial charge on any atom is -0.462 e. The highest BCUT2D eigenvalue weighted by molar-refractivity contribution is 5.95. The summed E-state index contributed by atoms with van der Waals surface area (Å²) in [6.45, 7) is 2.36. The number of rotatable bonds is 7. The molecule has 0 saturated heterocycles. The second kappa shape index (κ2) is 7.90. The first-order chi connectivity index (χ1) is 9.86. The van der Waals surface area contributed by atoms with Gasteiger partial charge in [-0.15, -0.1) is 0 Å². The van der Waals surface area contributed by atoms with Crippen molar-refractivity contribution in [3.63, 3.8) is 0 Å². The number of carbonyl (C=O) groups excluding carboxylic acids is 1. The third kappa shape index (κ3) is 5.65. The number of hydrogen-bond donors (Lipinski definition) is 1. The summed E-state index contributed by atoms with van der Waals surface area (Å²) in [6, 6.07) is 2.63. The predicted molar refractivity (Wildman–Crippen MR) is 74.9 cm³/mol. The van der Waals surface area contributed by atoms with Gasteiger partial charge < -0.3 is 10.5 Å². The number of ether oxygens (including phenoxy) is 1. The van der Waals surface area contributed by atoms with E-state index in [1.165, 1.54) is 0 Å². The van der Waals surface area contributed by atoms with E-state index in [1.807, 2.05) is 0 Å². The van der Waals surface area contributed by atoms with Crippen LogP contribution in [0.15, 0.2) is 18.2 Å². The Morgan fingerprint density at radius 1 is 1.19 bits per heavy atom. The maximum absolute atomic E-state index is 12.5. The van der Waals surface area contributed by atoms with Gasteiger partial charge in [-0.25, -0.2) is 4.79 Å². The second-order valence-corrected chi connectivity index (χ2v) is 4.85. The smallest absolute Gasteiger partial charge is 0.416 e. The van der Waals surface area contributed by atoms with Crippen LogP contribution in [-0.4, -0.2) is 12.6 Å². The van der Waals surface area contributed by atoms with Crippen molar-refractivity contribution in [2.75, 3.05) is 12.3 Å². The summed E-state index contributed by atoms with van der Waals surface area (Å²) in [5.41, 5.74) is 4.36. The molecule has 0 unspecified atom stereocenters. The van der Waals surface area contributed by atoms with Gasteiger partial charge in [0.05, 0.1) is 17.7 Å². The van der Waals surface area contributed by atoms with Gasteiger partial charge in [-0.1, -0.05) is 32.6 Å². The summed E-state index contributed by atoms with van der Waals surface area (Å²) in [6.07, 6.45) is 0.573. The number of alkyl halides is 3. The van der Waals surface area contributed by atoms with E-state index in [9.17, 15) is 18.0 Å². The largest absolute Gasteiger partial charge is 0.462 e. The van der Waals surface area contributed by atoms with Gasteiger partial charge in [0, 0.05) is 5.69 Å². The summed E-state index contributed by atoms with van der Waals surface area (Å²) < 4.78 is 42.5.